The van der Waals surface area contributed by atoms with E-state index in [1.807, 2.05) is 6.08 Å². The first kappa shape index (κ1) is 51.9. The van der Waals surface area contributed by atoms with Gasteiger partial charge in [0.05, 0.1) is 37.9 Å². The predicted octanol–water partition coefficient (Wildman–Crippen LogP) is 11.1. The zero-order valence-electron chi connectivity index (χ0n) is 34.4. The van der Waals surface area contributed by atoms with Crippen molar-refractivity contribution in [3.8, 4) is 0 Å². The number of rotatable bonds is 41. The third kappa shape index (κ3) is 37.6. The number of allylic oxidation sites excluding steroid dienone is 3. The molecule has 0 rings (SSSR count). The Hall–Kier alpha value is -1.06. The molecule has 0 aromatic heterocycles. The number of aliphatic hydroxyl groups excluding tert-OH is 2. The third-order valence-corrected chi connectivity index (χ3v) is 10.8. The smallest absolute Gasteiger partial charge is 0.393 e. The molecule has 0 aromatic rings. The van der Waals surface area contributed by atoms with Crippen LogP contribution in [0.15, 0.2) is 24.3 Å². The largest absolute Gasteiger partial charge is 0.472 e. The standard InChI is InChI=1S/C43H85N2O7P/c1-3-5-7-9-11-13-15-16-17-18-19-20-21-22-23-25-26-28-30-32-34-40(46)38-43(48)45-41(39-52-53(49,50)51-37-36-44)42(47)35-33-31-29-27-24-14-12-10-8-6-4-2/h24,27,33,35,40-42,46-47H,3-23,25-26,28-32,34,36-39,44H2,1-2H3,(H,45,48)(H,49,50)/b27-24+,35-33+. The lowest BCUT2D eigenvalue weighted by Crippen LogP contribution is -2.46. The van der Waals surface area contributed by atoms with Gasteiger partial charge in [0.25, 0.3) is 0 Å². The summed E-state index contributed by atoms with van der Waals surface area (Å²) in [4.78, 5) is 22.7. The second kappa shape index (κ2) is 39.2. The zero-order valence-corrected chi connectivity index (χ0v) is 35.3. The van der Waals surface area contributed by atoms with Crippen molar-refractivity contribution >= 4 is 13.7 Å². The van der Waals surface area contributed by atoms with Crippen LogP contribution in [0.1, 0.15) is 206 Å². The molecule has 0 bridgehead atoms. The molecule has 4 atom stereocenters. The lowest BCUT2D eigenvalue weighted by atomic mass is 10.0. The summed E-state index contributed by atoms with van der Waals surface area (Å²) in [6, 6.07) is -0.994. The number of phosphoric ester groups is 1. The Morgan fingerprint density at radius 1 is 0.642 bits per heavy atom. The molecule has 0 aliphatic heterocycles. The van der Waals surface area contributed by atoms with Crippen LogP contribution < -0.4 is 11.1 Å². The lowest BCUT2D eigenvalue weighted by molar-refractivity contribution is -0.124. The van der Waals surface area contributed by atoms with Crippen LogP contribution in [0.2, 0.25) is 0 Å². The van der Waals surface area contributed by atoms with E-state index < -0.39 is 38.6 Å². The number of carbonyl (C=O) groups is 1. The average molecular weight is 773 g/mol. The number of nitrogens with one attached hydrogen (secondary N) is 1. The number of aliphatic hydroxyl groups is 2. The summed E-state index contributed by atoms with van der Waals surface area (Å²) >= 11 is 0. The summed E-state index contributed by atoms with van der Waals surface area (Å²) in [6.45, 7) is 3.93. The van der Waals surface area contributed by atoms with Crippen molar-refractivity contribution in [1.82, 2.24) is 5.32 Å². The maximum atomic E-state index is 12.8. The van der Waals surface area contributed by atoms with E-state index in [4.69, 9.17) is 14.8 Å². The van der Waals surface area contributed by atoms with Crippen molar-refractivity contribution in [2.24, 2.45) is 5.73 Å². The maximum absolute atomic E-state index is 12.8. The van der Waals surface area contributed by atoms with E-state index in [9.17, 15) is 24.5 Å². The first-order valence-corrected chi connectivity index (χ1v) is 23.5. The van der Waals surface area contributed by atoms with Crippen molar-refractivity contribution < 1.29 is 33.5 Å². The van der Waals surface area contributed by atoms with Gasteiger partial charge in [0, 0.05) is 6.54 Å². The second-order valence-corrected chi connectivity index (χ2v) is 16.5. The highest BCUT2D eigenvalue weighted by molar-refractivity contribution is 7.47. The Balaban J connectivity index is 4.20. The fraction of sp³-hybridized carbons (Fsp3) is 0.884. The van der Waals surface area contributed by atoms with E-state index in [2.05, 4.69) is 31.3 Å². The lowest BCUT2D eigenvalue weighted by Gasteiger charge is -2.24. The van der Waals surface area contributed by atoms with Gasteiger partial charge >= 0.3 is 7.82 Å². The molecule has 4 unspecified atom stereocenters. The molecule has 0 aliphatic carbocycles. The predicted molar refractivity (Wildman–Crippen MR) is 223 cm³/mol. The van der Waals surface area contributed by atoms with Crippen molar-refractivity contribution in [2.75, 3.05) is 19.8 Å². The van der Waals surface area contributed by atoms with Gasteiger partial charge in [-0.15, -0.1) is 0 Å². The topological polar surface area (TPSA) is 151 Å². The summed E-state index contributed by atoms with van der Waals surface area (Å²) in [6.07, 6.45) is 41.3. The molecular formula is C43H85N2O7P. The molecule has 0 fully saturated rings. The van der Waals surface area contributed by atoms with Gasteiger partial charge < -0.3 is 26.2 Å². The SMILES string of the molecule is CCCCCCC/C=C/CC/C=C/C(O)C(COP(=O)(O)OCCN)NC(=O)CC(O)CCCCCCCCCCCCCCCCCCCCCC. The first-order chi connectivity index (χ1) is 25.8. The van der Waals surface area contributed by atoms with Gasteiger partial charge in [-0.1, -0.05) is 192 Å². The van der Waals surface area contributed by atoms with Crippen LogP contribution in [-0.2, 0) is 18.4 Å². The van der Waals surface area contributed by atoms with Gasteiger partial charge in [0.15, 0.2) is 0 Å². The van der Waals surface area contributed by atoms with Crippen LogP contribution in [0, 0.1) is 0 Å². The van der Waals surface area contributed by atoms with Crippen LogP contribution in [0.3, 0.4) is 0 Å². The van der Waals surface area contributed by atoms with Crippen molar-refractivity contribution in [2.45, 2.75) is 225 Å². The molecule has 314 valence electrons. The quantitative estimate of drug-likeness (QED) is 0.0234. The van der Waals surface area contributed by atoms with Crippen molar-refractivity contribution in [3.63, 3.8) is 0 Å². The second-order valence-electron chi connectivity index (χ2n) is 15.1. The molecule has 0 spiro atoms. The molecule has 0 radical (unpaired) electrons. The first-order valence-electron chi connectivity index (χ1n) is 22.0. The van der Waals surface area contributed by atoms with E-state index in [0.717, 1.165) is 32.1 Å². The summed E-state index contributed by atoms with van der Waals surface area (Å²) < 4.78 is 22.0. The molecule has 53 heavy (non-hydrogen) atoms. The third-order valence-electron chi connectivity index (χ3n) is 9.83. The number of nitrogens with two attached hydrogens (primary N) is 1. The summed E-state index contributed by atoms with van der Waals surface area (Å²) in [5.74, 6) is -0.454. The fourth-order valence-corrected chi connectivity index (χ4v) is 7.25. The fourth-order valence-electron chi connectivity index (χ4n) is 6.49. The molecule has 0 aliphatic rings. The van der Waals surface area contributed by atoms with E-state index in [0.29, 0.717) is 12.8 Å². The Morgan fingerprint density at radius 2 is 1.08 bits per heavy atom. The maximum Gasteiger partial charge on any atom is 0.472 e. The molecule has 1 amide bonds. The van der Waals surface area contributed by atoms with Crippen LogP contribution >= 0.6 is 7.82 Å². The number of amides is 1. The van der Waals surface area contributed by atoms with Gasteiger partial charge in [-0.3, -0.25) is 13.8 Å². The molecular weight excluding hydrogens is 687 g/mol. The van der Waals surface area contributed by atoms with Crippen LogP contribution in [0.25, 0.3) is 0 Å². The van der Waals surface area contributed by atoms with Gasteiger partial charge in [0.1, 0.15) is 0 Å². The Labute approximate surface area is 326 Å². The van der Waals surface area contributed by atoms with Crippen LogP contribution in [-0.4, -0.2) is 59.0 Å². The summed E-state index contributed by atoms with van der Waals surface area (Å²) in [7, 11) is -4.40. The highest BCUT2D eigenvalue weighted by Gasteiger charge is 2.27. The van der Waals surface area contributed by atoms with E-state index in [1.54, 1.807) is 6.08 Å². The zero-order chi connectivity index (χ0) is 39.1. The minimum absolute atomic E-state index is 0.0458. The van der Waals surface area contributed by atoms with Crippen molar-refractivity contribution in [1.29, 1.82) is 0 Å². The molecule has 6 N–H and O–H groups in total. The number of carbonyl (C=O) groups excluding carboxylic acids is 1. The number of phosphoric acid groups is 1. The molecule has 0 aromatic carbocycles. The summed E-state index contributed by atoms with van der Waals surface area (Å²) in [5.41, 5.74) is 5.35. The van der Waals surface area contributed by atoms with Gasteiger partial charge in [0.2, 0.25) is 5.91 Å². The molecule has 0 heterocycles. The Bertz CT molecular complexity index is 904. The monoisotopic (exact) mass is 773 g/mol. The van der Waals surface area contributed by atoms with Crippen LogP contribution in [0.4, 0.5) is 0 Å². The van der Waals surface area contributed by atoms with E-state index >= 15 is 0 Å². The summed E-state index contributed by atoms with van der Waals surface area (Å²) in [5, 5.41) is 24.0. The highest BCUT2D eigenvalue weighted by Crippen LogP contribution is 2.43. The average Bonchev–Trinajstić information content (AvgIpc) is 3.13. The van der Waals surface area contributed by atoms with Crippen molar-refractivity contribution in [3.05, 3.63) is 24.3 Å². The van der Waals surface area contributed by atoms with Gasteiger partial charge in [-0.25, -0.2) is 4.57 Å². The Kier molecular flexibility index (Phi) is 38.4. The number of unbranched alkanes of at least 4 members (excludes halogenated alkanes) is 25. The highest BCUT2D eigenvalue weighted by atomic mass is 31.2. The minimum atomic E-state index is -4.40. The molecule has 0 saturated heterocycles. The molecule has 9 nitrogen and oxygen atoms in total. The van der Waals surface area contributed by atoms with Crippen LogP contribution in [0.5, 0.6) is 0 Å². The number of hydrogen-bond acceptors (Lipinski definition) is 7. The van der Waals surface area contributed by atoms with E-state index in [1.165, 1.54) is 141 Å². The molecule has 0 saturated carbocycles. The van der Waals surface area contributed by atoms with Gasteiger partial charge in [-0.05, 0) is 32.1 Å². The van der Waals surface area contributed by atoms with E-state index in [-0.39, 0.29) is 19.6 Å². The Morgan fingerprint density at radius 3 is 1.57 bits per heavy atom. The molecule has 10 heteroatoms. The normalized spacial score (nSPS) is 14.9. The van der Waals surface area contributed by atoms with Gasteiger partial charge in [-0.2, -0.15) is 0 Å². The minimum Gasteiger partial charge on any atom is -0.393 e. The number of hydrogen-bond donors (Lipinski definition) is 5.